The number of methoxy groups -OCH3 is 1. The van der Waals surface area contributed by atoms with Crippen LogP contribution in [0, 0.1) is 5.82 Å². The number of guanidine groups is 1. The van der Waals surface area contributed by atoms with Crippen LogP contribution in [0.3, 0.4) is 0 Å². The summed E-state index contributed by atoms with van der Waals surface area (Å²) in [6.07, 6.45) is 0. The van der Waals surface area contributed by atoms with E-state index in [0.717, 1.165) is 43.5 Å². The Labute approximate surface area is 195 Å². The molecule has 0 amide bonds. The van der Waals surface area contributed by atoms with Crippen LogP contribution in [0.15, 0.2) is 53.5 Å². The van der Waals surface area contributed by atoms with E-state index in [1.165, 1.54) is 6.07 Å². The van der Waals surface area contributed by atoms with Crippen LogP contribution in [0.25, 0.3) is 0 Å². The summed E-state index contributed by atoms with van der Waals surface area (Å²) in [5, 5.41) is 3.42. The van der Waals surface area contributed by atoms with E-state index in [1.807, 2.05) is 36.4 Å². The SMILES string of the molecule is CN=C(NCc1ccc(OCCOC)cc1)N1CCN(c2ccccc2F)CC1.I. The molecule has 1 saturated heterocycles. The topological polar surface area (TPSA) is 49.3 Å². The van der Waals surface area contributed by atoms with Crippen molar-refractivity contribution < 1.29 is 13.9 Å². The number of nitrogens with one attached hydrogen (secondary N) is 1. The Kier molecular flexibility index (Phi) is 10.2. The van der Waals surface area contributed by atoms with Gasteiger partial charge in [-0.05, 0) is 29.8 Å². The predicted octanol–water partition coefficient (Wildman–Crippen LogP) is 3.37. The molecule has 0 aliphatic carbocycles. The van der Waals surface area contributed by atoms with Crippen LogP contribution in [0.4, 0.5) is 10.1 Å². The predicted molar refractivity (Wildman–Crippen MR) is 130 cm³/mol. The third-order valence-electron chi connectivity index (χ3n) is 4.91. The quantitative estimate of drug-likeness (QED) is 0.259. The molecule has 1 aliphatic heterocycles. The molecule has 0 aromatic heterocycles. The number of para-hydroxylation sites is 1. The number of aliphatic imine (C=N–C) groups is 1. The highest BCUT2D eigenvalue weighted by atomic mass is 127. The summed E-state index contributed by atoms with van der Waals surface area (Å²) in [6.45, 7) is 4.90. The van der Waals surface area contributed by atoms with Crippen molar-refractivity contribution in [2.75, 3.05) is 58.5 Å². The summed E-state index contributed by atoms with van der Waals surface area (Å²) >= 11 is 0. The molecule has 3 rings (SSSR count). The Balaban J connectivity index is 0.00000320. The van der Waals surface area contributed by atoms with Gasteiger partial charge in [-0.3, -0.25) is 4.99 Å². The Bertz CT molecular complexity index is 796. The number of hydrogen-bond acceptors (Lipinski definition) is 4. The van der Waals surface area contributed by atoms with E-state index in [2.05, 4.69) is 20.1 Å². The zero-order valence-electron chi connectivity index (χ0n) is 17.5. The molecule has 164 valence electrons. The van der Waals surface area contributed by atoms with Crippen LogP contribution in [0.5, 0.6) is 5.75 Å². The molecule has 1 aliphatic rings. The van der Waals surface area contributed by atoms with Crippen molar-refractivity contribution in [3.63, 3.8) is 0 Å². The standard InChI is InChI=1S/C22H29FN4O2.HI/c1-24-22(25-17-18-7-9-19(10-8-18)29-16-15-28-2)27-13-11-26(12-14-27)21-6-4-3-5-20(21)23;/h3-10H,11-17H2,1-2H3,(H,24,25);1H. The van der Waals surface area contributed by atoms with Crippen LogP contribution >= 0.6 is 24.0 Å². The molecule has 1 heterocycles. The maximum absolute atomic E-state index is 14.0. The van der Waals surface area contributed by atoms with Crippen molar-refractivity contribution in [3.05, 3.63) is 59.9 Å². The summed E-state index contributed by atoms with van der Waals surface area (Å²) in [6, 6.07) is 14.9. The molecule has 8 heteroatoms. The first kappa shape index (κ1) is 24.2. The lowest BCUT2D eigenvalue weighted by atomic mass is 10.2. The first-order valence-corrected chi connectivity index (χ1v) is 9.87. The van der Waals surface area contributed by atoms with E-state index in [1.54, 1.807) is 20.2 Å². The largest absolute Gasteiger partial charge is 0.491 e. The molecule has 30 heavy (non-hydrogen) atoms. The highest BCUT2D eigenvalue weighted by molar-refractivity contribution is 14.0. The molecular formula is C22H30FIN4O2. The number of anilines is 1. The van der Waals surface area contributed by atoms with E-state index in [9.17, 15) is 4.39 Å². The van der Waals surface area contributed by atoms with E-state index in [4.69, 9.17) is 9.47 Å². The minimum absolute atomic E-state index is 0. The summed E-state index contributed by atoms with van der Waals surface area (Å²) < 4.78 is 24.6. The Hall–Kier alpha value is -2.07. The van der Waals surface area contributed by atoms with Crippen molar-refractivity contribution in [2.24, 2.45) is 4.99 Å². The second kappa shape index (κ2) is 12.6. The fourth-order valence-corrected chi connectivity index (χ4v) is 3.33. The van der Waals surface area contributed by atoms with E-state index >= 15 is 0 Å². The fraction of sp³-hybridized carbons (Fsp3) is 0.409. The average molecular weight is 528 g/mol. The van der Waals surface area contributed by atoms with Crippen molar-refractivity contribution in [3.8, 4) is 5.75 Å². The van der Waals surface area contributed by atoms with E-state index < -0.39 is 0 Å². The summed E-state index contributed by atoms with van der Waals surface area (Å²) in [5.74, 6) is 1.52. The van der Waals surface area contributed by atoms with Gasteiger partial charge in [0.2, 0.25) is 0 Å². The van der Waals surface area contributed by atoms with Crippen LogP contribution in [-0.4, -0.2) is 64.4 Å². The molecule has 0 unspecified atom stereocenters. The number of piperazine rings is 1. The molecule has 0 spiro atoms. The van der Waals surface area contributed by atoms with Gasteiger partial charge < -0.3 is 24.6 Å². The molecule has 2 aromatic carbocycles. The van der Waals surface area contributed by atoms with E-state index in [0.29, 0.717) is 25.4 Å². The average Bonchev–Trinajstić information content (AvgIpc) is 2.76. The molecule has 0 bridgehead atoms. The highest BCUT2D eigenvalue weighted by Gasteiger charge is 2.21. The normalized spacial score (nSPS) is 14.3. The van der Waals surface area contributed by atoms with E-state index in [-0.39, 0.29) is 29.8 Å². The fourth-order valence-electron chi connectivity index (χ4n) is 3.33. The van der Waals surface area contributed by atoms with Gasteiger partial charge in [-0.1, -0.05) is 24.3 Å². The molecular weight excluding hydrogens is 498 g/mol. The molecule has 2 aromatic rings. The molecule has 6 nitrogen and oxygen atoms in total. The highest BCUT2D eigenvalue weighted by Crippen LogP contribution is 2.20. The maximum Gasteiger partial charge on any atom is 0.194 e. The molecule has 0 saturated carbocycles. The maximum atomic E-state index is 14.0. The Morgan fingerprint density at radius 1 is 1.03 bits per heavy atom. The molecule has 0 radical (unpaired) electrons. The van der Waals surface area contributed by atoms with Gasteiger partial charge >= 0.3 is 0 Å². The second-order valence-electron chi connectivity index (χ2n) is 6.81. The summed E-state index contributed by atoms with van der Waals surface area (Å²) in [7, 11) is 3.45. The molecule has 0 atom stereocenters. The van der Waals surface area contributed by atoms with Gasteiger partial charge in [0.1, 0.15) is 18.2 Å². The second-order valence-corrected chi connectivity index (χ2v) is 6.81. The van der Waals surface area contributed by atoms with Crippen LogP contribution < -0.4 is 15.0 Å². The minimum Gasteiger partial charge on any atom is -0.491 e. The first-order valence-electron chi connectivity index (χ1n) is 9.87. The number of benzene rings is 2. The summed E-state index contributed by atoms with van der Waals surface area (Å²) in [4.78, 5) is 8.70. The number of rotatable bonds is 7. The van der Waals surface area contributed by atoms with Gasteiger partial charge in [-0.25, -0.2) is 4.39 Å². The van der Waals surface area contributed by atoms with Crippen molar-refractivity contribution in [1.82, 2.24) is 10.2 Å². The van der Waals surface area contributed by atoms with Gasteiger partial charge in [0, 0.05) is 46.9 Å². The molecule has 1 N–H and O–H groups in total. The zero-order valence-corrected chi connectivity index (χ0v) is 19.8. The lowest BCUT2D eigenvalue weighted by Crippen LogP contribution is -2.52. The third-order valence-corrected chi connectivity index (χ3v) is 4.91. The monoisotopic (exact) mass is 528 g/mol. The number of hydrogen-bond donors (Lipinski definition) is 1. The van der Waals surface area contributed by atoms with Gasteiger partial charge in [-0.2, -0.15) is 0 Å². The third kappa shape index (κ3) is 6.73. The van der Waals surface area contributed by atoms with Crippen molar-refractivity contribution in [2.45, 2.75) is 6.54 Å². The van der Waals surface area contributed by atoms with Gasteiger partial charge in [0.15, 0.2) is 5.96 Å². The molecule has 1 fully saturated rings. The summed E-state index contributed by atoms with van der Waals surface area (Å²) in [5.41, 5.74) is 1.82. The smallest absolute Gasteiger partial charge is 0.194 e. The van der Waals surface area contributed by atoms with Crippen molar-refractivity contribution >= 4 is 35.6 Å². The number of halogens is 2. The van der Waals surface area contributed by atoms with Crippen LogP contribution in [0.2, 0.25) is 0 Å². The lowest BCUT2D eigenvalue weighted by Gasteiger charge is -2.37. The van der Waals surface area contributed by atoms with Crippen molar-refractivity contribution in [1.29, 1.82) is 0 Å². The number of ether oxygens (including phenoxy) is 2. The Morgan fingerprint density at radius 2 is 1.73 bits per heavy atom. The van der Waals surface area contributed by atoms with Crippen LogP contribution in [0.1, 0.15) is 5.56 Å². The van der Waals surface area contributed by atoms with Gasteiger partial charge in [0.25, 0.3) is 0 Å². The lowest BCUT2D eigenvalue weighted by molar-refractivity contribution is 0.146. The van der Waals surface area contributed by atoms with Gasteiger partial charge in [0.05, 0.1) is 12.3 Å². The van der Waals surface area contributed by atoms with Gasteiger partial charge in [-0.15, -0.1) is 24.0 Å². The first-order chi connectivity index (χ1) is 14.2. The number of nitrogens with zero attached hydrogens (tertiary/aromatic N) is 3. The van der Waals surface area contributed by atoms with Crippen LogP contribution in [-0.2, 0) is 11.3 Å². The minimum atomic E-state index is -0.168. The Morgan fingerprint density at radius 3 is 2.37 bits per heavy atom. The zero-order chi connectivity index (χ0) is 20.5.